The maximum Gasteiger partial charge on any atom is 0.303 e. The molecule has 4 N–H and O–H groups in total. The van der Waals surface area contributed by atoms with Crippen LogP contribution < -0.4 is 11.1 Å². The van der Waals surface area contributed by atoms with Gasteiger partial charge in [0.1, 0.15) is 5.76 Å². The second-order valence-electron chi connectivity index (χ2n) is 3.78. The molecule has 1 aromatic heterocycles. The molecular weight excluding hydrogens is 224 g/mol. The molecular formula is C11H16N2O4. The minimum absolute atomic E-state index is 0.117. The van der Waals surface area contributed by atoms with Gasteiger partial charge in [-0.2, -0.15) is 0 Å². The van der Waals surface area contributed by atoms with E-state index in [0.717, 1.165) is 0 Å². The van der Waals surface area contributed by atoms with Crippen molar-refractivity contribution in [1.82, 2.24) is 5.32 Å². The molecule has 1 rings (SSSR count). The summed E-state index contributed by atoms with van der Waals surface area (Å²) < 4.78 is 5.12. The van der Waals surface area contributed by atoms with Gasteiger partial charge in [0, 0.05) is 6.42 Å². The van der Waals surface area contributed by atoms with Gasteiger partial charge >= 0.3 is 5.97 Å². The quantitative estimate of drug-likeness (QED) is 0.677. The van der Waals surface area contributed by atoms with Gasteiger partial charge in [-0.3, -0.25) is 9.59 Å². The van der Waals surface area contributed by atoms with Crippen molar-refractivity contribution >= 4 is 11.9 Å². The number of nitrogens with two attached hydrogens (primary N) is 1. The molecule has 0 aliphatic carbocycles. The van der Waals surface area contributed by atoms with Gasteiger partial charge in [-0.25, -0.2) is 0 Å². The number of nitrogens with one attached hydrogen (secondary N) is 1. The van der Waals surface area contributed by atoms with E-state index in [1.54, 1.807) is 19.1 Å². The molecule has 2 unspecified atom stereocenters. The summed E-state index contributed by atoms with van der Waals surface area (Å²) in [5, 5.41) is 11.1. The normalized spacial score (nSPS) is 14.0. The van der Waals surface area contributed by atoms with Crippen LogP contribution in [0.25, 0.3) is 0 Å². The summed E-state index contributed by atoms with van der Waals surface area (Å²) in [4.78, 5) is 21.9. The fraction of sp³-hybridized carbons (Fsp3) is 0.455. The Balaban J connectivity index is 2.40. The molecule has 2 atom stereocenters. The van der Waals surface area contributed by atoms with Gasteiger partial charge in [-0.1, -0.05) is 0 Å². The van der Waals surface area contributed by atoms with Crippen LogP contribution in [0.2, 0.25) is 0 Å². The first-order chi connectivity index (χ1) is 8.00. The van der Waals surface area contributed by atoms with Crippen molar-refractivity contribution in [3.8, 4) is 0 Å². The standard InChI is InChI=1S/C11H16N2O4/c1-7(9-3-2-6-17-9)13-11(16)8(12)4-5-10(14)15/h2-3,6-8H,4-5,12H2,1H3,(H,13,16)(H,14,15). The summed E-state index contributed by atoms with van der Waals surface area (Å²) in [6.45, 7) is 1.76. The first-order valence-corrected chi connectivity index (χ1v) is 5.32. The highest BCUT2D eigenvalue weighted by molar-refractivity contribution is 5.82. The highest BCUT2D eigenvalue weighted by Crippen LogP contribution is 2.12. The van der Waals surface area contributed by atoms with Gasteiger partial charge in [0.05, 0.1) is 18.3 Å². The molecule has 1 amide bonds. The monoisotopic (exact) mass is 240 g/mol. The number of carboxylic acids is 1. The highest BCUT2D eigenvalue weighted by atomic mass is 16.4. The molecule has 0 aliphatic rings. The first-order valence-electron chi connectivity index (χ1n) is 5.32. The van der Waals surface area contributed by atoms with E-state index in [4.69, 9.17) is 15.3 Å². The van der Waals surface area contributed by atoms with E-state index >= 15 is 0 Å². The van der Waals surface area contributed by atoms with Gasteiger partial charge in [-0.05, 0) is 25.5 Å². The molecule has 6 heteroatoms. The fourth-order valence-electron chi connectivity index (χ4n) is 1.34. The Morgan fingerprint density at radius 3 is 2.82 bits per heavy atom. The Morgan fingerprint density at radius 2 is 2.29 bits per heavy atom. The Bertz CT molecular complexity index is 375. The summed E-state index contributed by atoms with van der Waals surface area (Å²) in [6, 6.07) is 2.37. The van der Waals surface area contributed by atoms with Crippen LogP contribution in [0.3, 0.4) is 0 Å². The summed E-state index contributed by atoms with van der Waals surface area (Å²) >= 11 is 0. The second kappa shape index (κ2) is 6.05. The lowest BCUT2D eigenvalue weighted by Gasteiger charge is -2.15. The predicted molar refractivity (Wildman–Crippen MR) is 60.1 cm³/mol. The molecule has 0 aliphatic heterocycles. The summed E-state index contributed by atoms with van der Waals surface area (Å²) in [5.41, 5.74) is 5.56. The molecule has 6 nitrogen and oxygen atoms in total. The zero-order valence-corrected chi connectivity index (χ0v) is 9.55. The molecule has 1 aromatic rings. The molecule has 0 aromatic carbocycles. The average Bonchev–Trinajstić information content (AvgIpc) is 2.78. The summed E-state index contributed by atoms with van der Waals surface area (Å²) in [7, 11) is 0. The molecule has 0 fully saturated rings. The molecule has 0 radical (unpaired) electrons. The fourth-order valence-corrected chi connectivity index (χ4v) is 1.34. The van der Waals surface area contributed by atoms with Gasteiger partial charge in [0.25, 0.3) is 0 Å². The molecule has 94 valence electrons. The minimum atomic E-state index is -0.965. The van der Waals surface area contributed by atoms with Crippen LogP contribution in [0.15, 0.2) is 22.8 Å². The number of amides is 1. The topological polar surface area (TPSA) is 106 Å². The van der Waals surface area contributed by atoms with E-state index in [-0.39, 0.29) is 24.8 Å². The third kappa shape index (κ3) is 4.28. The van der Waals surface area contributed by atoms with Crippen LogP contribution >= 0.6 is 0 Å². The van der Waals surface area contributed by atoms with Crippen LogP contribution in [0.5, 0.6) is 0 Å². The lowest BCUT2D eigenvalue weighted by molar-refractivity contribution is -0.137. The third-order valence-electron chi connectivity index (χ3n) is 2.33. The molecule has 0 saturated carbocycles. The Kier molecular flexibility index (Phi) is 4.71. The van der Waals surface area contributed by atoms with Crippen molar-refractivity contribution in [2.45, 2.75) is 31.8 Å². The molecule has 0 spiro atoms. The number of carbonyl (C=O) groups is 2. The second-order valence-corrected chi connectivity index (χ2v) is 3.78. The number of hydrogen-bond donors (Lipinski definition) is 3. The summed E-state index contributed by atoms with van der Waals surface area (Å²) in [6.07, 6.45) is 1.51. The minimum Gasteiger partial charge on any atom is -0.481 e. The van der Waals surface area contributed by atoms with Crippen LogP contribution in [0, 0.1) is 0 Å². The van der Waals surface area contributed by atoms with Gasteiger partial charge < -0.3 is 20.6 Å². The number of aliphatic carboxylic acids is 1. The van der Waals surface area contributed by atoms with Crippen molar-refractivity contribution in [2.24, 2.45) is 5.73 Å². The number of hydrogen-bond acceptors (Lipinski definition) is 4. The number of rotatable bonds is 6. The van der Waals surface area contributed by atoms with Crippen molar-refractivity contribution in [1.29, 1.82) is 0 Å². The Labute approximate surface area is 98.8 Å². The van der Waals surface area contributed by atoms with E-state index in [2.05, 4.69) is 5.32 Å². The van der Waals surface area contributed by atoms with E-state index in [1.165, 1.54) is 6.26 Å². The lowest BCUT2D eigenvalue weighted by atomic mass is 10.1. The van der Waals surface area contributed by atoms with Crippen molar-refractivity contribution in [2.75, 3.05) is 0 Å². The van der Waals surface area contributed by atoms with Crippen molar-refractivity contribution in [3.05, 3.63) is 24.2 Å². The molecule has 17 heavy (non-hydrogen) atoms. The van der Waals surface area contributed by atoms with Gasteiger partial charge in [0.2, 0.25) is 5.91 Å². The number of furan rings is 1. The SMILES string of the molecule is CC(NC(=O)C(N)CCC(=O)O)c1ccco1. The van der Waals surface area contributed by atoms with Crippen LogP contribution in [0.1, 0.15) is 31.6 Å². The zero-order chi connectivity index (χ0) is 12.8. The highest BCUT2D eigenvalue weighted by Gasteiger charge is 2.18. The molecule has 1 heterocycles. The number of carboxylic acid groups (broad SMARTS) is 1. The Hall–Kier alpha value is -1.82. The maximum atomic E-state index is 11.6. The Morgan fingerprint density at radius 1 is 1.59 bits per heavy atom. The smallest absolute Gasteiger partial charge is 0.303 e. The summed E-state index contributed by atoms with van der Waals surface area (Å²) in [5.74, 6) is -0.716. The van der Waals surface area contributed by atoms with Crippen LogP contribution in [-0.4, -0.2) is 23.0 Å². The molecule has 0 saturated heterocycles. The van der Waals surface area contributed by atoms with E-state index in [9.17, 15) is 9.59 Å². The first kappa shape index (κ1) is 13.2. The van der Waals surface area contributed by atoms with E-state index in [1.807, 2.05) is 0 Å². The largest absolute Gasteiger partial charge is 0.481 e. The van der Waals surface area contributed by atoms with Crippen molar-refractivity contribution < 1.29 is 19.1 Å². The average molecular weight is 240 g/mol. The van der Waals surface area contributed by atoms with E-state index < -0.39 is 12.0 Å². The predicted octanol–water partition coefficient (Wildman–Crippen LogP) is 0.649. The van der Waals surface area contributed by atoms with Crippen molar-refractivity contribution in [3.63, 3.8) is 0 Å². The van der Waals surface area contributed by atoms with Crippen LogP contribution in [-0.2, 0) is 9.59 Å². The third-order valence-corrected chi connectivity index (χ3v) is 2.33. The molecule has 0 bridgehead atoms. The van der Waals surface area contributed by atoms with Crippen LogP contribution in [0.4, 0.5) is 0 Å². The van der Waals surface area contributed by atoms with Gasteiger partial charge in [-0.15, -0.1) is 0 Å². The number of carbonyl (C=O) groups excluding carboxylic acids is 1. The maximum absolute atomic E-state index is 11.6. The van der Waals surface area contributed by atoms with E-state index in [0.29, 0.717) is 5.76 Å². The zero-order valence-electron chi connectivity index (χ0n) is 9.55. The van der Waals surface area contributed by atoms with Gasteiger partial charge in [0.15, 0.2) is 0 Å². The lowest BCUT2D eigenvalue weighted by Crippen LogP contribution is -2.41.